The Hall–Kier alpha value is -1.74. The van der Waals surface area contributed by atoms with E-state index in [0.717, 1.165) is 0 Å². The molecule has 1 aromatic carbocycles. The number of hydrogen-bond donors (Lipinski definition) is 1. The number of sulfonamides is 1. The quantitative estimate of drug-likeness (QED) is 0.817. The van der Waals surface area contributed by atoms with Crippen molar-refractivity contribution in [2.24, 2.45) is 0 Å². The summed E-state index contributed by atoms with van der Waals surface area (Å²) in [6, 6.07) is 7.18. The van der Waals surface area contributed by atoms with Gasteiger partial charge in [0.1, 0.15) is 16.5 Å². The molecule has 146 valence electrons. The van der Waals surface area contributed by atoms with Crippen LogP contribution in [0.25, 0.3) is 0 Å². The Morgan fingerprint density at radius 2 is 1.89 bits per heavy atom. The molecular weight excluding hydrogens is 391 g/mol. The zero-order valence-electron chi connectivity index (χ0n) is 15.2. The molecular formula is C18H22ClFN4O2S. The highest BCUT2D eigenvalue weighted by molar-refractivity contribution is 7.89. The van der Waals surface area contributed by atoms with Gasteiger partial charge in [-0.15, -0.1) is 0 Å². The van der Waals surface area contributed by atoms with Gasteiger partial charge in [-0.05, 0) is 38.2 Å². The van der Waals surface area contributed by atoms with Crippen molar-refractivity contribution in [3.8, 4) is 0 Å². The van der Waals surface area contributed by atoms with Crippen LogP contribution in [0.15, 0.2) is 41.4 Å². The average Bonchev–Trinajstić information content (AvgIpc) is 2.62. The molecule has 1 aliphatic rings. The molecule has 0 radical (unpaired) electrons. The number of nitrogens with one attached hydrogen (secondary N) is 1. The number of hydrogen-bond acceptors (Lipinski definition) is 5. The first kappa shape index (κ1) is 20.0. The molecule has 0 saturated carbocycles. The van der Waals surface area contributed by atoms with E-state index in [0.29, 0.717) is 42.6 Å². The summed E-state index contributed by atoms with van der Waals surface area (Å²) in [5, 5.41) is 3.38. The summed E-state index contributed by atoms with van der Waals surface area (Å²) in [4.78, 5) is 6.42. The SMILES string of the molecule is CC(Nc1ccc(S(=O)(=O)N2CCN(C)CC2)cn1)c1c(F)cccc1Cl. The van der Waals surface area contributed by atoms with Crippen LogP contribution in [0, 0.1) is 5.82 Å². The summed E-state index contributed by atoms with van der Waals surface area (Å²) in [7, 11) is -1.59. The predicted octanol–water partition coefficient (Wildman–Crippen LogP) is 2.98. The summed E-state index contributed by atoms with van der Waals surface area (Å²) in [5.41, 5.74) is 0.343. The summed E-state index contributed by atoms with van der Waals surface area (Å²) >= 11 is 6.08. The third-order valence-electron chi connectivity index (χ3n) is 4.63. The maximum Gasteiger partial charge on any atom is 0.244 e. The normalized spacial score (nSPS) is 17.6. The molecule has 1 unspecified atom stereocenters. The molecule has 1 aliphatic heterocycles. The molecule has 1 fully saturated rings. The summed E-state index contributed by atoms with van der Waals surface area (Å²) in [5.74, 6) is 0.0379. The van der Waals surface area contributed by atoms with E-state index in [4.69, 9.17) is 11.6 Å². The number of piperazine rings is 1. The van der Waals surface area contributed by atoms with Crippen molar-refractivity contribution in [1.29, 1.82) is 0 Å². The van der Waals surface area contributed by atoms with Gasteiger partial charge in [0.05, 0.1) is 6.04 Å². The number of nitrogens with zero attached hydrogens (tertiary/aromatic N) is 3. The Bertz CT molecular complexity index is 880. The van der Waals surface area contributed by atoms with E-state index in [1.54, 1.807) is 25.1 Å². The Morgan fingerprint density at radius 1 is 1.19 bits per heavy atom. The van der Waals surface area contributed by atoms with E-state index < -0.39 is 21.9 Å². The zero-order chi connectivity index (χ0) is 19.6. The molecule has 6 nitrogen and oxygen atoms in total. The molecule has 1 saturated heterocycles. The fourth-order valence-corrected chi connectivity index (χ4v) is 4.71. The number of halogens is 2. The van der Waals surface area contributed by atoms with E-state index >= 15 is 0 Å². The molecule has 3 rings (SSSR count). The van der Waals surface area contributed by atoms with Gasteiger partial charge in [-0.1, -0.05) is 17.7 Å². The van der Waals surface area contributed by atoms with Gasteiger partial charge >= 0.3 is 0 Å². The number of benzene rings is 1. The zero-order valence-corrected chi connectivity index (χ0v) is 16.8. The summed E-state index contributed by atoms with van der Waals surface area (Å²) in [6.45, 7) is 4.09. The highest BCUT2D eigenvalue weighted by atomic mass is 35.5. The second-order valence-corrected chi connectivity index (χ2v) is 8.93. The lowest BCUT2D eigenvalue weighted by Gasteiger charge is -2.31. The largest absolute Gasteiger partial charge is 0.363 e. The van der Waals surface area contributed by atoms with Crippen LogP contribution in [0.3, 0.4) is 0 Å². The van der Waals surface area contributed by atoms with E-state index in [1.807, 2.05) is 7.05 Å². The van der Waals surface area contributed by atoms with Gasteiger partial charge in [0.25, 0.3) is 0 Å². The fraction of sp³-hybridized carbons (Fsp3) is 0.389. The van der Waals surface area contributed by atoms with Gasteiger partial charge in [0, 0.05) is 43.0 Å². The highest BCUT2D eigenvalue weighted by Crippen LogP contribution is 2.28. The van der Waals surface area contributed by atoms with E-state index in [9.17, 15) is 12.8 Å². The maximum atomic E-state index is 14.0. The third-order valence-corrected chi connectivity index (χ3v) is 6.85. The van der Waals surface area contributed by atoms with Gasteiger partial charge in [0.2, 0.25) is 10.0 Å². The van der Waals surface area contributed by atoms with Crippen LogP contribution < -0.4 is 5.32 Å². The van der Waals surface area contributed by atoms with Crippen molar-refractivity contribution < 1.29 is 12.8 Å². The number of pyridine rings is 1. The van der Waals surface area contributed by atoms with Gasteiger partial charge in [-0.2, -0.15) is 4.31 Å². The van der Waals surface area contributed by atoms with Gasteiger partial charge in [-0.3, -0.25) is 0 Å². The maximum absolute atomic E-state index is 14.0. The Balaban J connectivity index is 1.73. The van der Waals surface area contributed by atoms with E-state index in [1.165, 1.54) is 22.6 Å². The summed E-state index contributed by atoms with van der Waals surface area (Å²) in [6.07, 6.45) is 1.33. The second-order valence-electron chi connectivity index (χ2n) is 6.59. The van der Waals surface area contributed by atoms with Gasteiger partial charge in [-0.25, -0.2) is 17.8 Å². The van der Waals surface area contributed by atoms with E-state index in [-0.39, 0.29) is 4.90 Å². The van der Waals surface area contributed by atoms with Crippen LogP contribution in [-0.4, -0.2) is 55.8 Å². The average molecular weight is 413 g/mol. The first-order valence-corrected chi connectivity index (χ1v) is 10.5. The second kappa shape index (κ2) is 8.10. The smallest absolute Gasteiger partial charge is 0.244 e. The monoisotopic (exact) mass is 412 g/mol. The van der Waals surface area contributed by atoms with Crippen molar-refractivity contribution in [2.75, 3.05) is 38.5 Å². The van der Waals surface area contributed by atoms with Crippen molar-refractivity contribution in [3.05, 3.63) is 52.9 Å². The molecule has 2 heterocycles. The molecule has 0 aliphatic carbocycles. The first-order valence-electron chi connectivity index (χ1n) is 8.64. The number of rotatable bonds is 5. The molecule has 0 amide bonds. The third kappa shape index (κ3) is 4.40. The lowest BCUT2D eigenvalue weighted by Crippen LogP contribution is -2.47. The van der Waals surface area contributed by atoms with Crippen molar-refractivity contribution in [3.63, 3.8) is 0 Å². The Labute approximate surface area is 164 Å². The Morgan fingerprint density at radius 3 is 2.48 bits per heavy atom. The van der Waals surface area contributed by atoms with Crippen LogP contribution in [-0.2, 0) is 10.0 Å². The molecule has 0 spiro atoms. The van der Waals surface area contributed by atoms with E-state index in [2.05, 4.69) is 15.2 Å². The molecule has 1 aromatic heterocycles. The minimum atomic E-state index is -3.56. The fourth-order valence-electron chi connectivity index (χ4n) is 3.01. The number of likely N-dealkylation sites (N-methyl/N-ethyl adjacent to an activating group) is 1. The van der Waals surface area contributed by atoms with Gasteiger partial charge in [0.15, 0.2) is 0 Å². The molecule has 27 heavy (non-hydrogen) atoms. The lowest BCUT2D eigenvalue weighted by molar-refractivity contribution is 0.222. The number of aromatic nitrogens is 1. The molecule has 1 N–H and O–H groups in total. The topological polar surface area (TPSA) is 65.5 Å². The minimum Gasteiger partial charge on any atom is -0.363 e. The van der Waals surface area contributed by atoms with Crippen LogP contribution >= 0.6 is 11.6 Å². The molecule has 1 atom stereocenters. The minimum absolute atomic E-state index is 0.147. The first-order chi connectivity index (χ1) is 12.8. The van der Waals surface area contributed by atoms with Crippen LogP contribution in [0.2, 0.25) is 5.02 Å². The van der Waals surface area contributed by atoms with Crippen LogP contribution in [0.4, 0.5) is 10.2 Å². The highest BCUT2D eigenvalue weighted by Gasteiger charge is 2.27. The summed E-state index contributed by atoms with van der Waals surface area (Å²) < 4.78 is 40.9. The number of anilines is 1. The van der Waals surface area contributed by atoms with Crippen molar-refractivity contribution >= 4 is 27.4 Å². The lowest BCUT2D eigenvalue weighted by atomic mass is 10.1. The standard InChI is InChI=1S/C18H22ClFN4O2S/c1-13(18-15(19)4-3-5-16(18)20)22-17-7-6-14(12-21-17)27(25,26)24-10-8-23(2)9-11-24/h3-7,12-13H,8-11H2,1-2H3,(H,21,22). The molecule has 9 heteroatoms. The van der Waals surface area contributed by atoms with Crippen molar-refractivity contribution in [1.82, 2.24) is 14.2 Å². The molecule has 0 bridgehead atoms. The Kier molecular flexibility index (Phi) is 6.00. The van der Waals surface area contributed by atoms with Gasteiger partial charge < -0.3 is 10.2 Å². The van der Waals surface area contributed by atoms with Crippen LogP contribution in [0.1, 0.15) is 18.5 Å². The predicted molar refractivity (Wildman–Crippen MR) is 104 cm³/mol. The molecule has 2 aromatic rings. The van der Waals surface area contributed by atoms with Crippen molar-refractivity contribution in [2.45, 2.75) is 17.9 Å². The van der Waals surface area contributed by atoms with Crippen LogP contribution in [0.5, 0.6) is 0 Å².